The lowest BCUT2D eigenvalue weighted by molar-refractivity contribution is 0.238. The van der Waals surface area contributed by atoms with Gasteiger partial charge in [0.25, 0.3) is 0 Å². The Bertz CT molecular complexity index is 1150. The van der Waals surface area contributed by atoms with Gasteiger partial charge in [-0.3, -0.25) is 4.90 Å². The highest BCUT2D eigenvalue weighted by Crippen LogP contribution is 2.44. The van der Waals surface area contributed by atoms with Crippen molar-refractivity contribution in [2.45, 2.75) is 25.7 Å². The van der Waals surface area contributed by atoms with Gasteiger partial charge in [0.05, 0.1) is 14.2 Å². The van der Waals surface area contributed by atoms with Gasteiger partial charge in [0.2, 0.25) is 0 Å². The summed E-state index contributed by atoms with van der Waals surface area (Å²) in [4.78, 5) is 2.48. The predicted molar refractivity (Wildman–Crippen MR) is 138 cm³/mol. The van der Waals surface area contributed by atoms with Gasteiger partial charge in [-0.25, -0.2) is 0 Å². The van der Waals surface area contributed by atoms with Crippen molar-refractivity contribution < 1.29 is 14.2 Å². The lowest BCUT2D eigenvalue weighted by Crippen LogP contribution is -2.25. The largest absolute Gasteiger partial charge is 0.493 e. The van der Waals surface area contributed by atoms with Crippen molar-refractivity contribution in [1.29, 1.82) is 0 Å². The molecule has 176 valence electrons. The Kier molecular flexibility index (Phi) is 6.87. The maximum atomic E-state index is 6.06. The Morgan fingerprint density at radius 2 is 1.47 bits per heavy atom. The van der Waals surface area contributed by atoms with Gasteiger partial charge in [0.15, 0.2) is 11.5 Å². The molecule has 1 aliphatic carbocycles. The van der Waals surface area contributed by atoms with E-state index in [2.05, 4.69) is 71.6 Å². The maximum Gasteiger partial charge on any atom is 0.161 e. The highest BCUT2D eigenvalue weighted by Gasteiger charge is 2.24. The first-order valence-corrected chi connectivity index (χ1v) is 12.3. The SMILES string of the molecule is COc1cc2c(cc1OC)C(c1ccc(OCCN3CCCC3)cc1)=C(c1ccccc1)CC2. The van der Waals surface area contributed by atoms with E-state index < -0.39 is 0 Å². The van der Waals surface area contributed by atoms with Crippen LogP contribution >= 0.6 is 0 Å². The molecule has 0 amide bonds. The average molecular weight is 456 g/mol. The molecular formula is C30H33NO3. The molecule has 0 radical (unpaired) electrons. The summed E-state index contributed by atoms with van der Waals surface area (Å²) in [5.41, 5.74) is 7.59. The quantitative estimate of drug-likeness (QED) is 0.412. The first-order valence-electron chi connectivity index (χ1n) is 12.3. The lowest BCUT2D eigenvalue weighted by atomic mass is 9.79. The monoisotopic (exact) mass is 455 g/mol. The van der Waals surface area contributed by atoms with Gasteiger partial charge in [-0.15, -0.1) is 0 Å². The Balaban J connectivity index is 1.49. The molecule has 0 unspecified atom stereocenters. The van der Waals surface area contributed by atoms with Crippen molar-refractivity contribution >= 4 is 11.1 Å². The van der Waals surface area contributed by atoms with E-state index in [0.29, 0.717) is 0 Å². The van der Waals surface area contributed by atoms with Crippen LogP contribution in [0.3, 0.4) is 0 Å². The molecule has 0 N–H and O–H groups in total. The van der Waals surface area contributed by atoms with Gasteiger partial charge in [-0.2, -0.15) is 0 Å². The molecule has 0 saturated carbocycles. The Morgan fingerprint density at radius 1 is 0.765 bits per heavy atom. The van der Waals surface area contributed by atoms with Crippen LogP contribution in [-0.4, -0.2) is 45.4 Å². The van der Waals surface area contributed by atoms with Crippen molar-refractivity contribution in [3.8, 4) is 17.2 Å². The number of nitrogens with zero attached hydrogens (tertiary/aromatic N) is 1. The molecule has 1 heterocycles. The zero-order chi connectivity index (χ0) is 23.3. The first kappa shape index (κ1) is 22.5. The molecule has 2 aliphatic rings. The van der Waals surface area contributed by atoms with E-state index in [1.807, 2.05) is 0 Å². The number of ether oxygens (including phenoxy) is 3. The zero-order valence-corrected chi connectivity index (χ0v) is 20.2. The summed E-state index contributed by atoms with van der Waals surface area (Å²) in [5.74, 6) is 2.47. The first-order chi connectivity index (χ1) is 16.8. The normalized spacial score (nSPS) is 15.8. The molecule has 1 saturated heterocycles. The van der Waals surface area contributed by atoms with E-state index >= 15 is 0 Å². The van der Waals surface area contributed by atoms with E-state index in [1.54, 1.807) is 14.2 Å². The maximum absolute atomic E-state index is 6.06. The zero-order valence-electron chi connectivity index (χ0n) is 20.2. The second-order valence-electron chi connectivity index (χ2n) is 9.01. The van der Waals surface area contributed by atoms with Crippen LogP contribution in [0.25, 0.3) is 11.1 Å². The third kappa shape index (κ3) is 4.69. The van der Waals surface area contributed by atoms with Crippen molar-refractivity contribution in [1.82, 2.24) is 4.90 Å². The van der Waals surface area contributed by atoms with Gasteiger partial charge in [-0.1, -0.05) is 42.5 Å². The third-order valence-electron chi connectivity index (χ3n) is 6.97. The minimum absolute atomic E-state index is 0.733. The van der Waals surface area contributed by atoms with E-state index in [4.69, 9.17) is 14.2 Å². The topological polar surface area (TPSA) is 30.9 Å². The fourth-order valence-electron chi connectivity index (χ4n) is 5.18. The Hall–Kier alpha value is -3.24. The molecule has 3 aromatic rings. The van der Waals surface area contributed by atoms with E-state index in [1.165, 1.54) is 59.3 Å². The highest BCUT2D eigenvalue weighted by molar-refractivity contribution is 6.01. The minimum atomic E-state index is 0.733. The molecular weight excluding hydrogens is 422 g/mol. The van der Waals surface area contributed by atoms with Crippen LogP contribution in [0.1, 0.15) is 41.5 Å². The van der Waals surface area contributed by atoms with Crippen LogP contribution < -0.4 is 14.2 Å². The second-order valence-corrected chi connectivity index (χ2v) is 9.01. The number of aryl methyl sites for hydroxylation is 1. The van der Waals surface area contributed by atoms with E-state index in [9.17, 15) is 0 Å². The summed E-state index contributed by atoms with van der Waals surface area (Å²) in [5, 5.41) is 0. The van der Waals surface area contributed by atoms with Crippen molar-refractivity contribution in [2.75, 3.05) is 40.5 Å². The number of likely N-dealkylation sites (tertiary alicyclic amines) is 1. The lowest BCUT2D eigenvalue weighted by Gasteiger charge is -2.26. The van der Waals surface area contributed by atoms with Gasteiger partial charge < -0.3 is 14.2 Å². The number of hydrogen-bond acceptors (Lipinski definition) is 4. The summed E-state index contributed by atoms with van der Waals surface area (Å²) in [6, 6.07) is 23.6. The fraction of sp³-hybridized carbons (Fsp3) is 0.333. The molecule has 5 rings (SSSR count). The number of hydrogen-bond donors (Lipinski definition) is 0. The highest BCUT2D eigenvalue weighted by atomic mass is 16.5. The van der Waals surface area contributed by atoms with Crippen molar-refractivity contribution in [2.24, 2.45) is 0 Å². The average Bonchev–Trinajstić information content (AvgIpc) is 3.42. The summed E-state index contributed by atoms with van der Waals surface area (Å²) in [6.07, 6.45) is 4.58. The summed E-state index contributed by atoms with van der Waals surface area (Å²) >= 11 is 0. The van der Waals surface area contributed by atoms with E-state index in [0.717, 1.165) is 43.2 Å². The summed E-state index contributed by atoms with van der Waals surface area (Å²) < 4.78 is 17.3. The molecule has 4 nitrogen and oxygen atoms in total. The minimum Gasteiger partial charge on any atom is -0.493 e. The molecule has 0 atom stereocenters. The van der Waals surface area contributed by atoms with Crippen molar-refractivity contribution in [3.63, 3.8) is 0 Å². The van der Waals surface area contributed by atoms with Crippen LogP contribution in [0.5, 0.6) is 17.2 Å². The molecule has 34 heavy (non-hydrogen) atoms. The number of fused-ring (bicyclic) bond motifs is 1. The predicted octanol–water partition coefficient (Wildman–Crippen LogP) is 6.08. The summed E-state index contributed by atoms with van der Waals surface area (Å²) in [7, 11) is 3.39. The van der Waals surface area contributed by atoms with Gasteiger partial charge in [-0.05, 0) is 96.4 Å². The van der Waals surface area contributed by atoms with Crippen LogP contribution in [0.15, 0.2) is 66.7 Å². The van der Waals surface area contributed by atoms with Crippen LogP contribution in [0.4, 0.5) is 0 Å². The van der Waals surface area contributed by atoms with Crippen molar-refractivity contribution in [3.05, 3.63) is 89.0 Å². The number of rotatable bonds is 8. The fourth-order valence-corrected chi connectivity index (χ4v) is 5.18. The standard InChI is InChI=1S/C30H33NO3/c1-32-28-20-24-12-15-26(22-8-4-3-5-9-22)30(27(24)21-29(28)33-2)23-10-13-25(14-11-23)34-19-18-31-16-6-7-17-31/h3-5,8-11,13-14,20-21H,6-7,12,15-19H2,1-2H3. The van der Waals surface area contributed by atoms with Crippen LogP contribution in [0, 0.1) is 0 Å². The Labute approximate surface area is 202 Å². The van der Waals surface area contributed by atoms with Crippen LogP contribution in [-0.2, 0) is 6.42 Å². The number of benzene rings is 3. The molecule has 0 aromatic heterocycles. The smallest absolute Gasteiger partial charge is 0.161 e. The second kappa shape index (κ2) is 10.4. The Morgan fingerprint density at radius 3 is 2.18 bits per heavy atom. The van der Waals surface area contributed by atoms with Crippen LogP contribution in [0.2, 0.25) is 0 Å². The van der Waals surface area contributed by atoms with Gasteiger partial charge in [0.1, 0.15) is 12.4 Å². The molecule has 0 bridgehead atoms. The molecule has 3 aromatic carbocycles. The molecule has 1 fully saturated rings. The molecule has 1 aliphatic heterocycles. The number of methoxy groups -OCH3 is 2. The third-order valence-corrected chi connectivity index (χ3v) is 6.97. The molecule has 0 spiro atoms. The van der Waals surface area contributed by atoms with Gasteiger partial charge in [0, 0.05) is 6.54 Å². The summed E-state index contributed by atoms with van der Waals surface area (Å²) in [6.45, 7) is 4.13. The van der Waals surface area contributed by atoms with Gasteiger partial charge >= 0.3 is 0 Å². The number of allylic oxidation sites excluding steroid dienone is 1. The van der Waals surface area contributed by atoms with E-state index in [-0.39, 0.29) is 0 Å². The molecule has 4 heteroatoms.